The van der Waals surface area contributed by atoms with Gasteiger partial charge in [0, 0.05) is 6.42 Å². The van der Waals surface area contributed by atoms with E-state index in [9.17, 15) is 0 Å². The fraction of sp³-hybridized carbons (Fsp3) is 0.778. The molecule has 0 amide bonds. The number of nitrogens with zero attached hydrogens (tertiary/aromatic N) is 2. The summed E-state index contributed by atoms with van der Waals surface area (Å²) in [4.78, 5) is 4.19. The van der Waals surface area contributed by atoms with Gasteiger partial charge >= 0.3 is 0 Å². The van der Waals surface area contributed by atoms with E-state index in [2.05, 4.69) is 30.9 Å². The minimum atomic E-state index is -0.179. The van der Waals surface area contributed by atoms with E-state index >= 15 is 0 Å². The van der Waals surface area contributed by atoms with Gasteiger partial charge in [-0.15, -0.1) is 0 Å². The third-order valence-corrected chi connectivity index (χ3v) is 1.56. The average Bonchev–Trinajstić information content (AvgIpc) is 2.31. The standard InChI is InChI=1S/C9H17N3O/c1-6(10)8-11-7(12-13-8)5-9(2,3)4/h6H,5,10H2,1-4H3/t6-/m0/s1. The molecule has 0 aliphatic carbocycles. The molecular formula is C9H17N3O. The van der Waals surface area contributed by atoms with Gasteiger partial charge in [0.1, 0.15) is 0 Å². The Kier molecular flexibility index (Phi) is 2.71. The lowest BCUT2D eigenvalue weighted by Gasteiger charge is -2.14. The molecule has 0 saturated carbocycles. The van der Waals surface area contributed by atoms with Crippen LogP contribution in [-0.2, 0) is 6.42 Å². The van der Waals surface area contributed by atoms with E-state index in [-0.39, 0.29) is 11.5 Å². The van der Waals surface area contributed by atoms with Crippen LogP contribution >= 0.6 is 0 Å². The van der Waals surface area contributed by atoms with E-state index < -0.39 is 0 Å². The summed E-state index contributed by atoms with van der Waals surface area (Å²) in [5.74, 6) is 1.25. The number of aromatic nitrogens is 2. The van der Waals surface area contributed by atoms with Crippen LogP contribution in [0.4, 0.5) is 0 Å². The maximum atomic E-state index is 5.59. The normalized spacial score (nSPS) is 14.5. The second-order valence-electron chi connectivity index (χ2n) is 4.57. The number of hydrogen-bond acceptors (Lipinski definition) is 4. The first kappa shape index (κ1) is 10.2. The molecule has 0 saturated heterocycles. The van der Waals surface area contributed by atoms with Crippen LogP contribution in [0.2, 0.25) is 0 Å². The van der Waals surface area contributed by atoms with Crippen LogP contribution in [0.3, 0.4) is 0 Å². The molecular weight excluding hydrogens is 166 g/mol. The molecule has 0 spiro atoms. The van der Waals surface area contributed by atoms with Crippen LogP contribution < -0.4 is 5.73 Å². The molecule has 4 nitrogen and oxygen atoms in total. The van der Waals surface area contributed by atoms with E-state index in [0.717, 1.165) is 12.2 Å². The van der Waals surface area contributed by atoms with Crippen molar-refractivity contribution in [2.75, 3.05) is 0 Å². The van der Waals surface area contributed by atoms with Crippen LogP contribution in [0, 0.1) is 5.41 Å². The van der Waals surface area contributed by atoms with Crippen molar-refractivity contribution < 1.29 is 4.52 Å². The summed E-state index contributed by atoms with van der Waals surface area (Å²) in [6.45, 7) is 8.23. The molecule has 0 bridgehead atoms. The van der Waals surface area contributed by atoms with Gasteiger partial charge < -0.3 is 10.3 Å². The van der Waals surface area contributed by atoms with Crippen LogP contribution in [0.25, 0.3) is 0 Å². The van der Waals surface area contributed by atoms with Gasteiger partial charge in [-0.3, -0.25) is 0 Å². The molecule has 74 valence electrons. The van der Waals surface area contributed by atoms with Crippen molar-refractivity contribution in [3.8, 4) is 0 Å². The van der Waals surface area contributed by atoms with Crippen molar-refractivity contribution in [1.82, 2.24) is 10.1 Å². The third-order valence-electron chi connectivity index (χ3n) is 1.56. The summed E-state index contributed by atoms with van der Waals surface area (Å²) < 4.78 is 4.99. The predicted octanol–water partition coefficient (Wildman–Crippen LogP) is 1.68. The number of hydrogen-bond donors (Lipinski definition) is 1. The van der Waals surface area contributed by atoms with Gasteiger partial charge in [-0.1, -0.05) is 25.9 Å². The molecule has 0 aliphatic heterocycles. The summed E-state index contributed by atoms with van der Waals surface area (Å²) >= 11 is 0. The Morgan fingerprint density at radius 1 is 1.46 bits per heavy atom. The highest BCUT2D eigenvalue weighted by Gasteiger charge is 2.17. The summed E-state index contributed by atoms with van der Waals surface area (Å²) in [6, 6.07) is -0.179. The zero-order valence-electron chi connectivity index (χ0n) is 8.66. The van der Waals surface area contributed by atoms with Crippen molar-refractivity contribution in [3.05, 3.63) is 11.7 Å². The highest BCUT2D eigenvalue weighted by Crippen LogP contribution is 2.19. The zero-order valence-corrected chi connectivity index (χ0v) is 8.66. The summed E-state index contributed by atoms with van der Waals surface area (Å²) in [5.41, 5.74) is 5.77. The van der Waals surface area contributed by atoms with Gasteiger partial charge in [-0.25, -0.2) is 0 Å². The first-order chi connectivity index (χ1) is 5.88. The average molecular weight is 183 g/mol. The Labute approximate surface area is 78.5 Å². The van der Waals surface area contributed by atoms with Crippen molar-refractivity contribution in [2.45, 2.75) is 40.2 Å². The molecule has 2 N–H and O–H groups in total. The molecule has 4 heteroatoms. The second kappa shape index (κ2) is 3.46. The SMILES string of the molecule is C[C@H](N)c1nc(CC(C)(C)C)no1. The second-order valence-corrected chi connectivity index (χ2v) is 4.57. The van der Waals surface area contributed by atoms with E-state index in [1.165, 1.54) is 0 Å². The quantitative estimate of drug-likeness (QED) is 0.757. The Morgan fingerprint density at radius 3 is 2.46 bits per heavy atom. The van der Waals surface area contributed by atoms with Gasteiger partial charge in [0.2, 0.25) is 5.89 Å². The Morgan fingerprint density at radius 2 is 2.08 bits per heavy atom. The van der Waals surface area contributed by atoms with Crippen LogP contribution in [0.5, 0.6) is 0 Å². The summed E-state index contributed by atoms with van der Waals surface area (Å²) in [7, 11) is 0. The van der Waals surface area contributed by atoms with Gasteiger partial charge in [0.25, 0.3) is 0 Å². The largest absolute Gasteiger partial charge is 0.338 e. The maximum Gasteiger partial charge on any atom is 0.243 e. The molecule has 13 heavy (non-hydrogen) atoms. The fourth-order valence-corrected chi connectivity index (χ4v) is 0.999. The monoisotopic (exact) mass is 183 g/mol. The zero-order chi connectivity index (χ0) is 10.1. The highest BCUT2D eigenvalue weighted by molar-refractivity contribution is 4.92. The molecule has 0 aliphatic rings. The van der Waals surface area contributed by atoms with Gasteiger partial charge in [-0.05, 0) is 12.3 Å². The van der Waals surface area contributed by atoms with E-state index in [1.54, 1.807) is 0 Å². The van der Waals surface area contributed by atoms with E-state index in [1.807, 2.05) is 6.92 Å². The maximum absolute atomic E-state index is 5.59. The molecule has 0 fully saturated rings. The summed E-state index contributed by atoms with van der Waals surface area (Å²) in [5, 5.41) is 3.86. The predicted molar refractivity (Wildman–Crippen MR) is 50.1 cm³/mol. The van der Waals surface area contributed by atoms with Gasteiger partial charge in [0.05, 0.1) is 6.04 Å². The lowest BCUT2D eigenvalue weighted by molar-refractivity contribution is 0.344. The van der Waals surface area contributed by atoms with Crippen LogP contribution in [0.15, 0.2) is 4.52 Å². The molecule has 0 radical (unpaired) electrons. The molecule has 1 aromatic rings. The van der Waals surface area contributed by atoms with Crippen molar-refractivity contribution in [3.63, 3.8) is 0 Å². The smallest absolute Gasteiger partial charge is 0.243 e. The van der Waals surface area contributed by atoms with Crippen LogP contribution in [0.1, 0.15) is 45.5 Å². The minimum absolute atomic E-state index is 0.179. The number of nitrogens with two attached hydrogens (primary N) is 1. The highest BCUT2D eigenvalue weighted by atomic mass is 16.5. The number of rotatable bonds is 2. The van der Waals surface area contributed by atoms with Gasteiger partial charge in [0.15, 0.2) is 5.82 Å². The van der Waals surface area contributed by atoms with Crippen molar-refractivity contribution in [2.24, 2.45) is 11.1 Å². The van der Waals surface area contributed by atoms with Crippen molar-refractivity contribution >= 4 is 0 Å². The molecule has 0 aromatic carbocycles. The molecule has 1 rings (SSSR count). The molecule has 1 heterocycles. The van der Waals surface area contributed by atoms with E-state index in [4.69, 9.17) is 10.3 Å². The third kappa shape index (κ3) is 3.14. The Hall–Kier alpha value is -0.900. The lowest BCUT2D eigenvalue weighted by atomic mass is 9.92. The minimum Gasteiger partial charge on any atom is -0.338 e. The summed E-state index contributed by atoms with van der Waals surface area (Å²) in [6.07, 6.45) is 0.809. The molecule has 1 atom stereocenters. The Bertz CT molecular complexity index is 273. The fourth-order valence-electron chi connectivity index (χ4n) is 0.999. The van der Waals surface area contributed by atoms with Crippen molar-refractivity contribution in [1.29, 1.82) is 0 Å². The van der Waals surface area contributed by atoms with E-state index in [0.29, 0.717) is 5.89 Å². The lowest BCUT2D eigenvalue weighted by Crippen LogP contribution is -2.11. The van der Waals surface area contributed by atoms with Crippen LogP contribution in [-0.4, -0.2) is 10.1 Å². The topological polar surface area (TPSA) is 64.9 Å². The molecule has 1 aromatic heterocycles. The first-order valence-corrected chi connectivity index (χ1v) is 4.46. The first-order valence-electron chi connectivity index (χ1n) is 4.46. The Balaban J connectivity index is 2.70. The van der Waals surface area contributed by atoms with Gasteiger partial charge in [-0.2, -0.15) is 4.98 Å². The molecule has 0 unspecified atom stereocenters.